The number of amides is 2. The van der Waals surface area contributed by atoms with Crippen molar-refractivity contribution in [1.82, 2.24) is 0 Å². The fourth-order valence-corrected chi connectivity index (χ4v) is 2.60. The Morgan fingerprint density at radius 1 is 1.00 bits per heavy atom. The Balaban J connectivity index is 2.16. The van der Waals surface area contributed by atoms with E-state index in [4.69, 9.17) is 4.74 Å². The van der Waals surface area contributed by atoms with Gasteiger partial charge < -0.3 is 4.74 Å². The van der Waals surface area contributed by atoms with Gasteiger partial charge in [0.25, 0.3) is 23.2 Å². The topological polar surface area (TPSA) is 133 Å². The van der Waals surface area contributed by atoms with Gasteiger partial charge in [-0.15, -0.1) is 0 Å². The van der Waals surface area contributed by atoms with Crippen LogP contribution in [0.15, 0.2) is 36.4 Å². The zero-order chi connectivity index (χ0) is 18.3. The first-order chi connectivity index (χ1) is 11.9. The molecule has 1 aliphatic rings. The van der Waals surface area contributed by atoms with E-state index in [0.29, 0.717) is 4.90 Å². The van der Waals surface area contributed by atoms with Gasteiger partial charge in [-0.3, -0.25) is 29.8 Å². The maximum absolute atomic E-state index is 12.6. The van der Waals surface area contributed by atoms with E-state index in [1.165, 1.54) is 25.3 Å². The minimum absolute atomic E-state index is 0.0337. The van der Waals surface area contributed by atoms with E-state index in [0.717, 1.165) is 18.2 Å². The van der Waals surface area contributed by atoms with Crippen LogP contribution in [0.3, 0.4) is 0 Å². The molecule has 10 heteroatoms. The number of nitrogens with zero attached hydrogens (tertiary/aromatic N) is 3. The molecule has 0 aliphatic carbocycles. The lowest BCUT2D eigenvalue weighted by atomic mass is 10.1. The number of imide groups is 1. The number of non-ortho nitro benzene ring substituents is 1. The van der Waals surface area contributed by atoms with E-state index < -0.39 is 27.3 Å². The lowest BCUT2D eigenvalue weighted by Crippen LogP contribution is -2.29. The van der Waals surface area contributed by atoms with Crippen molar-refractivity contribution in [3.8, 4) is 5.75 Å². The molecule has 0 N–H and O–H groups in total. The lowest BCUT2D eigenvalue weighted by molar-refractivity contribution is -0.385. The van der Waals surface area contributed by atoms with Gasteiger partial charge in [-0.05, 0) is 12.1 Å². The van der Waals surface area contributed by atoms with Crippen LogP contribution in [-0.2, 0) is 0 Å². The first-order valence-corrected chi connectivity index (χ1v) is 6.85. The number of methoxy groups -OCH3 is 1. The second kappa shape index (κ2) is 5.67. The normalized spacial score (nSPS) is 12.9. The molecule has 10 nitrogen and oxygen atoms in total. The summed E-state index contributed by atoms with van der Waals surface area (Å²) in [6.07, 6.45) is 0. The quantitative estimate of drug-likeness (QED) is 0.472. The van der Waals surface area contributed by atoms with Crippen LogP contribution in [0, 0.1) is 20.2 Å². The first-order valence-electron chi connectivity index (χ1n) is 6.85. The lowest BCUT2D eigenvalue weighted by Gasteiger charge is -2.16. The van der Waals surface area contributed by atoms with Crippen molar-refractivity contribution in [3.63, 3.8) is 0 Å². The van der Waals surface area contributed by atoms with Gasteiger partial charge in [-0.2, -0.15) is 0 Å². The van der Waals surface area contributed by atoms with Crippen LogP contribution in [0.25, 0.3) is 0 Å². The first kappa shape index (κ1) is 16.1. The Morgan fingerprint density at radius 2 is 1.72 bits per heavy atom. The Kier molecular flexibility index (Phi) is 3.64. The Hall–Kier alpha value is -3.82. The maximum atomic E-state index is 12.6. The number of nitro benzene ring substituents is 2. The van der Waals surface area contributed by atoms with Gasteiger partial charge in [-0.25, -0.2) is 4.90 Å². The standard InChI is InChI=1S/C15H9N3O7/c1-25-12-7-8(17(21)22)5-6-10(12)16-14(19)9-3-2-4-11(18(23)24)13(9)15(16)20/h2-7H,1H3. The van der Waals surface area contributed by atoms with Crippen LogP contribution in [0.4, 0.5) is 17.1 Å². The van der Waals surface area contributed by atoms with Crippen LogP contribution < -0.4 is 9.64 Å². The predicted octanol–water partition coefficient (Wildman–Crippen LogP) is 2.31. The molecule has 1 heterocycles. The zero-order valence-electron chi connectivity index (χ0n) is 12.7. The summed E-state index contributed by atoms with van der Waals surface area (Å²) in [6.45, 7) is 0. The summed E-state index contributed by atoms with van der Waals surface area (Å²) < 4.78 is 5.04. The highest BCUT2D eigenvalue weighted by Crippen LogP contribution is 2.39. The number of hydrogen-bond donors (Lipinski definition) is 0. The van der Waals surface area contributed by atoms with Crippen LogP contribution in [-0.4, -0.2) is 28.8 Å². The van der Waals surface area contributed by atoms with Gasteiger partial charge in [-0.1, -0.05) is 6.07 Å². The van der Waals surface area contributed by atoms with E-state index in [1.807, 2.05) is 0 Å². The third-order valence-corrected chi connectivity index (χ3v) is 3.70. The van der Waals surface area contributed by atoms with Gasteiger partial charge in [0, 0.05) is 12.1 Å². The van der Waals surface area contributed by atoms with E-state index in [1.54, 1.807) is 0 Å². The number of fused-ring (bicyclic) bond motifs is 1. The highest BCUT2D eigenvalue weighted by atomic mass is 16.6. The molecule has 126 valence electrons. The van der Waals surface area contributed by atoms with E-state index in [-0.39, 0.29) is 28.3 Å². The van der Waals surface area contributed by atoms with Gasteiger partial charge in [0.1, 0.15) is 11.3 Å². The third-order valence-electron chi connectivity index (χ3n) is 3.70. The summed E-state index contributed by atoms with van der Waals surface area (Å²) in [5, 5.41) is 22.0. The highest BCUT2D eigenvalue weighted by molar-refractivity contribution is 6.36. The summed E-state index contributed by atoms with van der Waals surface area (Å²) in [4.78, 5) is 46.5. The van der Waals surface area contributed by atoms with Gasteiger partial charge in [0.15, 0.2) is 0 Å². The Bertz CT molecular complexity index is 954. The molecule has 0 saturated carbocycles. The van der Waals surface area contributed by atoms with Crippen molar-refractivity contribution in [2.45, 2.75) is 0 Å². The van der Waals surface area contributed by atoms with Crippen LogP contribution >= 0.6 is 0 Å². The third kappa shape index (κ3) is 2.36. The monoisotopic (exact) mass is 343 g/mol. The molecule has 0 saturated heterocycles. The second-order valence-corrected chi connectivity index (χ2v) is 5.02. The van der Waals surface area contributed by atoms with Crippen molar-refractivity contribution in [1.29, 1.82) is 0 Å². The molecule has 0 aromatic heterocycles. The van der Waals surface area contributed by atoms with Gasteiger partial charge >= 0.3 is 0 Å². The van der Waals surface area contributed by atoms with Crippen molar-refractivity contribution in [3.05, 3.63) is 67.8 Å². The number of benzene rings is 2. The Morgan fingerprint density at radius 3 is 2.32 bits per heavy atom. The van der Waals surface area contributed by atoms with Crippen LogP contribution in [0.1, 0.15) is 20.7 Å². The summed E-state index contributed by atoms with van der Waals surface area (Å²) in [5.74, 6) is -1.73. The van der Waals surface area contributed by atoms with Crippen molar-refractivity contribution >= 4 is 28.9 Å². The van der Waals surface area contributed by atoms with Crippen LogP contribution in [0.5, 0.6) is 5.75 Å². The van der Waals surface area contributed by atoms with Crippen molar-refractivity contribution in [2.24, 2.45) is 0 Å². The molecular formula is C15H9N3O7. The number of nitro groups is 2. The van der Waals surface area contributed by atoms with Gasteiger partial charge in [0.2, 0.25) is 0 Å². The van der Waals surface area contributed by atoms with Gasteiger partial charge in [0.05, 0.1) is 34.3 Å². The number of rotatable bonds is 4. The van der Waals surface area contributed by atoms with Crippen molar-refractivity contribution in [2.75, 3.05) is 12.0 Å². The summed E-state index contributed by atoms with van der Waals surface area (Å²) in [5.41, 5.74) is -1.24. The summed E-state index contributed by atoms with van der Waals surface area (Å²) in [6, 6.07) is 7.09. The fraction of sp³-hybridized carbons (Fsp3) is 0.0667. The average Bonchev–Trinajstić information content (AvgIpc) is 2.85. The molecule has 0 radical (unpaired) electrons. The largest absolute Gasteiger partial charge is 0.494 e. The SMILES string of the molecule is COc1cc([N+](=O)[O-])ccc1N1C(=O)c2cccc([N+](=O)[O-])c2C1=O. The molecular weight excluding hydrogens is 334 g/mol. The van der Waals surface area contributed by atoms with E-state index >= 15 is 0 Å². The van der Waals surface area contributed by atoms with E-state index in [2.05, 4.69) is 0 Å². The summed E-state index contributed by atoms with van der Waals surface area (Å²) >= 11 is 0. The minimum atomic E-state index is -0.889. The number of carbonyl (C=O) groups excluding carboxylic acids is 2. The molecule has 0 spiro atoms. The number of ether oxygens (including phenoxy) is 1. The molecule has 0 bridgehead atoms. The molecule has 3 rings (SSSR count). The molecule has 1 aliphatic heterocycles. The average molecular weight is 343 g/mol. The molecule has 2 amide bonds. The fourth-order valence-electron chi connectivity index (χ4n) is 2.60. The van der Waals surface area contributed by atoms with E-state index in [9.17, 15) is 29.8 Å². The molecule has 0 fully saturated rings. The maximum Gasteiger partial charge on any atom is 0.283 e. The summed E-state index contributed by atoms with van der Waals surface area (Å²) in [7, 11) is 1.23. The molecule has 0 atom stereocenters. The highest BCUT2D eigenvalue weighted by Gasteiger charge is 2.43. The molecule has 2 aromatic carbocycles. The number of hydrogen-bond acceptors (Lipinski definition) is 7. The smallest absolute Gasteiger partial charge is 0.283 e. The predicted molar refractivity (Wildman–Crippen MR) is 83.9 cm³/mol. The second-order valence-electron chi connectivity index (χ2n) is 5.02. The zero-order valence-corrected chi connectivity index (χ0v) is 12.7. The number of carbonyl (C=O) groups is 2. The van der Waals surface area contributed by atoms with Crippen molar-refractivity contribution < 1.29 is 24.2 Å². The molecule has 2 aromatic rings. The minimum Gasteiger partial charge on any atom is -0.494 e. The number of anilines is 1. The molecule has 25 heavy (non-hydrogen) atoms. The van der Waals surface area contributed by atoms with Crippen LogP contribution in [0.2, 0.25) is 0 Å². The Labute approximate surface area is 139 Å². The molecule has 0 unspecified atom stereocenters.